The van der Waals surface area contributed by atoms with Crippen molar-refractivity contribution >= 4 is 11.9 Å². The molecule has 28 heavy (non-hydrogen) atoms. The molecule has 0 amide bonds. The van der Waals surface area contributed by atoms with Crippen LogP contribution in [0.5, 0.6) is 0 Å². The number of fused-ring (bicyclic) bond motifs is 2. The third kappa shape index (κ3) is 4.69. The summed E-state index contributed by atoms with van der Waals surface area (Å²) < 4.78 is 0. The molecule has 0 aliphatic heterocycles. The van der Waals surface area contributed by atoms with Gasteiger partial charge in [0.25, 0.3) is 0 Å². The summed E-state index contributed by atoms with van der Waals surface area (Å²) in [4.78, 5) is 21.4. The summed E-state index contributed by atoms with van der Waals surface area (Å²) in [5.41, 5.74) is 1.68. The molecule has 0 saturated heterocycles. The first-order chi connectivity index (χ1) is 13.0. The van der Waals surface area contributed by atoms with Gasteiger partial charge in [-0.3, -0.25) is 0 Å². The van der Waals surface area contributed by atoms with Crippen molar-refractivity contribution in [1.29, 1.82) is 0 Å². The minimum atomic E-state index is -0.777. The number of carboxylic acids is 2. The highest BCUT2D eigenvalue weighted by atomic mass is 16.4. The van der Waals surface area contributed by atoms with Crippen LogP contribution in [0.2, 0.25) is 0 Å². The number of rotatable bonds is 4. The molecule has 3 aliphatic carbocycles. The summed E-state index contributed by atoms with van der Waals surface area (Å²) in [5.74, 6) is 0.206. The van der Waals surface area contributed by atoms with Crippen molar-refractivity contribution in [2.45, 2.75) is 86.0 Å². The zero-order chi connectivity index (χ0) is 21.1. The van der Waals surface area contributed by atoms with E-state index in [0.717, 1.165) is 5.92 Å². The van der Waals surface area contributed by atoms with Crippen molar-refractivity contribution in [1.82, 2.24) is 0 Å². The van der Waals surface area contributed by atoms with Crippen LogP contribution in [0.15, 0.2) is 23.3 Å². The number of hydrogen-bond acceptors (Lipinski definition) is 2. The molecule has 3 atom stereocenters. The largest absolute Gasteiger partial charge is 0.478 e. The predicted octanol–water partition coefficient (Wildman–Crippen LogP) is 6.08. The number of allylic oxidation sites excluding steroid dienone is 2. The molecule has 3 fully saturated rings. The summed E-state index contributed by atoms with van der Waals surface area (Å²) in [6, 6.07) is 0. The van der Waals surface area contributed by atoms with Crippen molar-refractivity contribution in [2.24, 2.45) is 28.6 Å². The van der Waals surface area contributed by atoms with Gasteiger partial charge in [0.05, 0.1) is 0 Å². The van der Waals surface area contributed by atoms with Gasteiger partial charge in [-0.05, 0) is 74.5 Å². The van der Waals surface area contributed by atoms with Gasteiger partial charge < -0.3 is 10.2 Å². The van der Waals surface area contributed by atoms with Gasteiger partial charge in [-0.15, -0.1) is 0 Å². The minimum absolute atomic E-state index is 0.300. The minimum Gasteiger partial charge on any atom is -0.478 e. The van der Waals surface area contributed by atoms with Crippen LogP contribution in [0, 0.1) is 28.6 Å². The number of carboxylic acid groups (broad SMARTS) is 2. The van der Waals surface area contributed by atoms with Crippen molar-refractivity contribution in [3.63, 3.8) is 0 Å². The molecule has 3 saturated carbocycles. The van der Waals surface area contributed by atoms with Crippen LogP contribution in [0.1, 0.15) is 86.0 Å². The quantitative estimate of drug-likeness (QED) is 0.571. The number of carbonyl (C=O) groups is 2. The zero-order valence-corrected chi connectivity index (χ0v) is 18.3. The molecular weight excluding hydrogens is 352 g/mol. The van der Waals surface area contributed by atoms with Crippen LogP contribution < -0.4 is 0 Å². The van der Waals surface area contributed by atoms with Gasteiger partial charge in [-0.2, -0.15) is 0 Å². The van der Waals surface area contributed by atoms with E-state index in [2.05, 4.69) is 20.8 Å². The summed E-state index contributed by atoms with van der Waals surface area (Å²) >= 11 is 0. The highest BCUT2D eigenvalue weighted by molar-refractivity contribution is 5.86. The lowest BCUT2D eigenvalue weighted by Gasteiger charge is -2.38. The first-order valence-corrected chi connectivity index (χ1v) is 10.8. The van der Waals surface area contributed by atoms with Crippen LogP contribution >= 0.6 is 0 Å². The highest BCUT2D eigenvalue weighted by Gasteiger charge is 2.60. The smallest absolute Gasteiger partial charge is 0.330 e. The average molecular weight is 391 g/mol. The van der Waals surface area contributed by atoms with E-state index in [9.17, 15) is 9.59 Å². The molecule has 2 N–H and O–H groups in total. The van der Waals surface area contributed by atoms with E-state index in [4.69, 9.17) is 10.2 Å². The molecular formula is C24H38O4. The lowest BCUT2D eigenvalue weighted by atomic mass is 9.66. The summed E-state index contributed by atoms with van der Waals surface area (Å²) in [6.07, 6.45) is 13.8. The Morgan fingerprint density at radius 2 is 1.39 bits per heavy atom. The number of aliphatic carboxylic acids is 2. The van der Waals surface area contributed by atoms with Gasteiger partial charge >= 0.3 is 11.9 Å². The topological polar surface area (TPSA) is 74.6 Å². The van der Waals surface area contributed by atoms with E-state index in [1.165, 1.54) is 51.4 Å². The van der Waals surface area contributed by atoms with E-state index >= 15 is 0 Å². The molecule has 4 nitrogen and oxygen atoms in total. The molecule has 2 bridgehead atoms. The Morgan fingerprint density at radius 1 is 0.857 bits per heavy atom. The summed E-state index contributed by atoms with van der Waals surface area (Å²) in [7, 11) is 0. The Kier molecular flexibility index (Phi) is 7.17. The second-order valence-electron chi connectivity index (χ2n) is 9.92. The van der Waals surface area contributed by atoms with E-state index in [1.807, 2.05) is 12.2 Å². The first kappa shape index (κ1) is 22.7. The third-order valence-electron chi connectivity index (χ3n) is 8.12. The maximum Gasteiger partial charge on any atom is 0.330 e. The second-order valence-corrected chi connectivity index (χ2v) is 9.92. The highest BCUT2D eigenvalue weighted by Crippen LogP contribution is 2.68. The standard InChI is InChI=1S/C14H22O2.C10H16O2/c1-9(12(15)16)7-11-8-10-5-6-14(11,4)13(10,2)3;1-8(10(11)12)7-9-5-3-2-4-6-9/h7,10-11H,5-6,8H2,1-4H3,(H,15,16);7,9H,2-6H2,1H3,(H,11,12). The second kappa shape index (κ2) is 8.84. The van der Waals surface area contributed by atoms with Crippen molar-refractivity contribution < 1.29 is 19.8 Å². The molecule has 4 heteroatoms. The molecule has 0 radical (unpaired) electrons. The average Bonchev–Trinajstić information content (AvgIpc) is 2.96. The van der Waals surface area contributed by atoms with Crippen LogP contribution in [-0.2, 0) is 9.59 Å². The molecule has 0 aromatic rings. The first-order valence-electron chi connectivity index (χ1n) is 10.8. The van der Waals surface area contributed by atoms with Gasteiger partial charge in [0.2, 0.25) is 0 Å². The molecule has 3 rings (SSSR count). The van der Waals surface area contributed by atoms with E-state index in [0.29, 0.717) is 33.8 Å². The maximum atomic E-state index is 10.9. The fourth-order valence-corrected chi connectivity index (χ4v) is 5.62. The van der Waals surface area contributed by atoms with Gasteiger partial charge in [-0.25, -0.2) is 9.59 Å². The van der Waals surface area contributed by atoms with E-state index < -0.39 is 11.9 Å². The van der Waals surface area contributed by atoms with Crippen LogP contribution in [-0.4, -0.2) is 22.2 Å². The SMILES string of the molecule is CC(=CC1CC2CCC1(C)C2(C)C)C(=O)O.CC(=CC1CCCCC1)C(=O)O. The Hall–Kier alpha value is -1.58. The molecule has 0 spiro atoms. The van der Waals surface area contributed by atoms with Gasteiger partial charge in [0.1, 0.15) is 0 Å². The molecule has 3 aliphatic rings. The zero-order valence-electron chi connectivity index (χ0n) is 18.3. The molecule has 0 aromatic carbocycles. The Labute approximate surface area is 170 Å². The van der Waals surface area contributed by atoms with Crippen LogP contribution in [0.4, 0.5) is 0 Å². The van der Waals surface area contributed by atoms with Gasteiger partial charge in [0, 0.05) is 11.1 Å². The monoisotopic (exact) mass is 390 g/mol. The number of hydrogen-bond donors (Lipinski definition) is 2. The fourth-order valence-electron chi connectivity index (χ4n) is 5.62. The summed E-state index contributed by atoms with van der Waals surface area (Å²) in [6.45, 7) is 10.4. The van der Waals surface area contributed by atoms with E-state index in [1.54, 1.807) is 13.8 Å². The van der Waals surface area contributed by atoms with Gasteiger partial charge in [-0.1, -0.05) is 52.2 Å². The maximum absolute atomic E-state index is 10.9. The van der Waals surface area contributed by atoms with Crippen molar-refractivity contribution in [3.8, 4) is 0 Å². The summed E-state index contributed by atoms with van der Waals surface area (Å²) in [5, 5.41) is 17.6. The van der Waals surface area contributed by atoms with Crippen LogP contribution in [0.25, 0.3) is 0 Å². The van der Waals surface area contributed by atoms with Crippen molar-refractivity contribution in [3.05, 3.63) is 23.3 Å². The van der Waals surface area contributed by atoms with Gasteiger partial charge in [0.15, 0.2) is 0 Å². The van der Waals surface area contributed by atoms with Crippen LogP contribution in [0.3, 0.4) is 0 Å². The lowest BCUT2D eigenvalue weighted by molar-refractivity contribution is -0.133. The Morgan fingerprint density at radius 3 is 1.82 bits per heavy atom. The predicted molar refractivity (Wildman–Crippen MR) is 112 cm³/mol. The molecule has 0 aromatic heterocycles. The Balaban J connectivity index is 0.000000209. The molecule has 158 valence electrons. The van der Waals surface area contributed by atoms with E-state index in [-0.39, 0.29) is 0 Å². The third-order valence-corrected chi connectivity index (χ3v) is 8.12. The fraction of sp³-hybridized carbons (Fsp3) is 0.750. The molecule has 0 heterocycles. The lowest BCUT2D eigenvalue weighted by Crippen LogP contribution is -2.31. The van der Waals surface area contributed by atoms with Crippen molar-refractivity contribution in [2.75, 3.05) is 0 Å². The molecule has 3 unspecified atom stereocenters. The normalized spacial score (nSPS) is 32.6. The Bertz CT molecular complexity index is 652.